The molecule has 0 saturated carbocycles. The van der Waals surface area contributed by atoms with Crippen molar-refractivity contribution < 1.29 is 0 Å². The van der Waals surface area contributed by atoms with Crippen LogP contribution in [0.1, 0.15) is 37.8 Å². The Hall–Kier alpha value is -0.860. The van der Waals surface area contributed by atoms with Crippen LogP contribution in [0.2, 0.25) is 0 Å². The molecule has 2 nitrogen and oxygen atoms in total. The maximum absolute atomic E-state index is 3.33. The van der Waals surface area contributed by atoms with E-state index < -0.39 is 0 Å². The SMILES string of the molecule is CNCC1CCN(Cc2ccc(C)cc2)C(C)(C)C1. The van der Waals surface area contributed by atoms with Gasteiger partial charge in [-0.15, -0.1) is 0 Å². The molecule has 1 unspecified atom stereocenters. The van der Waals surface area contributed by atoms with Gasteiger partial charge in [0.15, 0.2) is 0 Å². The van der Waals surface area contributed by atoms with Crippen LogP contribution >= 0.6 is 0 Å². The Morgan fingerprint density at radius 3 is 2.53 bits per heavy atom. The van der Waals surface area contributed by atoms with Crippen molar-refractivity contribution in [2.45, 2.75) is 45.7 Å². The molecule has 0 aliphatic carbocycles. The fourth-order valence-corrected chi connectivity index (χ4v) is 3.25. The number of aryl methyl sites for hydroxylation is 1. The van der Waals surface area contributed by atoms with E-state index in [1.54, 1.807) is 0 Å². The van der Waals surface area contributed by atoms with Crippen molar-refractivity contribution in [1.29, 1.82) is 0 Å². The summed E-state index contributed by atoms with van der Waals surface area (Å²) in [7, 11) is 2.06. The van der Waals surface area contributed by atoms with E-state index in [1.807, 2.05) is 0 Å². The molecule has 19 heavy (non-hydrogen) atoms. The standard InChI is InChI=1S/C17H28N2/c1-14-5-7-15(8-6-14)13-19-10-9-16(12-18-4)11-17(19,2)3/h5-8,16,18H,9-13H2,1-4H3. The second kappa shape index (κ2) is 6.06. The molecule has 0 amide bonds. The van der Waals surface area contributed by atoms with E-state index in [1.165, 1.54) is 30.5 Å². The Kier molecular flexibility index (Phi) is 4.64. The van der Waals surface area contributed by atoms with Crippen molar-refractivity contribution in [2.75, 3.05) is 20.1 Å². The molecule has 106 valence electrons. The van der Waals surface area contributed by atoms with Gasteiger partial charge in [0.1, 0.15) is 0 Å². The lowest BCUT2D eigenvalue weighted by Gasteiger charge is -2.46. The highest BCUT2D eigenvalue weighted by molar-refractivity contribution is 5.21. The third-order valence-electron chi connectivity index (χ3n) is 4.44. The van der Waals surface area contributed by atoms with Crippen LogP contribution in [0.25, 0.3) is 0 Å². The van der Waals surface area contributed by atoms with E-state index in [9.17, 15) is 0 Å². The number of hydrogen-bond acceptors (Lipinski definition) is 2. The summed E-state index contributed by atoms with van der Waals surface area (Å²) in [6.07, 6.45) is 2.61. The summed E-state index contributed by atoms with van der Waals surface area (Å²) in [6, 6.07) is 8.97. The first kappa shape index (κ1) is 14.5. The van der Waals surface area contributed by atoms with Gasteiger partial charge in [-0.3, -0.25) is 4.90 Å². The number of nitrogens with one attached hydrogen (secondary N) is 1. The molecule has 1 N–H and O–H groups in total. The van der Waals surface area contributed by atoms with E-state index in [0.29, 0.717) is 5.54 Å². The minimum absolute atomic E-state index is 0.310. The summed E-state index contributed by atoms with van der Waals surface area (Å²) in [4.78, 5) is 2.64. The van der Waals surface area contributed by atoms with Crippen LogP contribution in [0.3, 0.4) is 0 Å². The molecule has 0 spiro atoms. The number of benzene rings is 1. The maximum Gasteiger partial charge on any atom is 0.0239 e. The normalized spacial score (nSPS) is 23.5. The van der Waals surface area contributed by atoms with Crippen molar-refractivity contribution in [2.24, 2.45) is 5.92 Å². The molecule has 1 aliphatic heterocycles. The molecule has 1 aromatic rings. The summed E-state index contributed by atoms with van der Waals surface area (Å²) < 4.78 is 0. The van der Waals surface area contributed by atoms with E-state index in [0.717, 1.165) is 19.0 Å². The lowest BCUT2D eigenvalue weighted by atomic mass is 9.82. The van der Waals surface area contributed by atoms with Crippen LogP contribution in [0.4, 0.5) is 0 Å². The molecule has 1 aromatic carbocycles. The molecule has 0 radical (unpaired) electrons. The van der Waals surface area contributed by atoms with Gasteiger partial charge in [0.05, 0.1) is 0 Å². The first-order valence-corrected chi connectivity index (χ1v) is 7.46. The molecule has 1 fully saturated rings. The Balaban J connectivity index is 1.99. The van der Waals surface area contributed by atoms with Gasteiger partial charge in [-0.25, -0.2) is 0 Å². The van der Waals surface area contributed by atoms with Crippen molar-refractivity contribution in [3.63, 3.8) is 0 Å². The zero-order chi connectivity index (χ0) is 13.9. The largest absolute Gasteiger partial charge is 0.319 e. The molecule has 0 bridgehead atoms. The maximum atomic E-state index is 3.33. The molecular formula is C17H28N2. The number of piperidine rings is 1. The minimum atomic E-state index is 0.310. The van der Waals surface area contributed by atoms with Crippen LogP contribution in [0.15, 0.2) is 24.3 Å². The van der Waals surface area contributed by atoms with Gasteiger partial charge in [-0.1, -0.05) is 29.8 Å². The second-order valence-corrected chi connectivity index (χ2v) is 6.64. The van der Waals surface area contributed by atoms with E-state index in [2.05, 4.69) is 62.3 Å². The van der Waals surface area contributed by atoms with Crippen LogP contribution in [-0.4, -0.2) is 30.6 Å². The average molecular weight is 260 g/mol. The first-order chi connectivity index (χ1) is 9.01. The van der Waals surface area contributed by atoms with Gasteiger partial charge in [0, 0.05) is 12.1 Å². The fraction of sp³-hybridized carbons (Fsp3) is 0.647. The molecule has 1 heterocycles. The highest BCUT2D eigenvalue weighted by Gasteiger charge is 2.34. The Morgan fingerprint density at radius 1 is 1.26 bits per heavy atom. The van der Waals surface area contributed by atoms with Crippen LogP contribution in [-0.2, 0) is 6.54 Å². The zero-order valence-corrected chi connectivity index (χ0v) is 12.9. The lowest BCUT2D eigenvalue weighted by molar-refractivity contribution is 0.0401. The molecule has 1 aliphatic rings. The van der Waals surface area contributed by atoms with E-state index in [-0.39, 0.29) is 0 Å². The highest BCUT2D eigenvalue weighted by atomic mass is 15.2. The molecule has 2 heteroatoms. The van der Waals surface area contributed by atoms with Crippen molar-refractivity contribution in [3.8, 4) is 0 Å². The van der Waals surface area contributed by atoms with E-state index in [4.69, 9.17) is 0 Å². The van der Waals surface area contributed by atoms with Gasteiger partial charge in [0.2, 0.25) is 0 Å². The summed E-state index contributed by atoms with van der Waals surface area (Å²) in [5.74, 6) is 0.828. The zero-order valence-electron chi connectivity index (χ0n) is 12.9. The molecule has 0 aromatic heterocycles. The molecule has 1 atom stereocenters. The average Bonchev–Trinajstić information content (AvgIpc) is 2.35. The predicted molar refractivity (Wildman–Crippen MR) is 82.3 cm³/mol. The number of nitrogens with zero attached hydrogens (tertiary/aromatic N) is 1. The van der Waals surface area contributed by atoms with Gasteiger partial charge in [0.25, 0.3) is 0 Å². The Morgan fingerprint density at radius 2 is 1.95 bits per heavy atom. The minimum Gasteiger partial charge on any atom is -0.319 e. The highest BCUT2D eigenvalue weighted by Crippen LogP contribution is 2.32. The van der Waals surface area contributed by atoms with Crippen LogP contribution < -0.4 is 5.32 Å². The van der Waals surface area contributed by atoms with Crippen molar-refractivity contribution in [3.05, 3.63) is 35.4 Å². The van der Waals surface area contributed by atoms with Gasteiger partial charge in [-0.05, 0) is 65.2 Å². The first-order valence-electron chi connectivity index (χ1n) is 7.46. The summed E-state index contributed by atoms with van der Waals surface area (Å²) >= 11 is 0. The number of rotatable bonds is 4. The second-order valence-electron chi connectivity index (χ2n) is 6.64. The third kappa shape index (κ3) is 3.80. The predicted octanol–water partition coefficient (Wildman–Crippen LogP) is 3.21. The summed E-state index contributed by atoms with van der Waals surface area (Å²) in [5, 5.41) is 3.33. The summed E-state index contributed by atoms with van der Waals surface area (Å²) in [6.45, 7) is 10.4. The van der Waals surface area contributed by atoms with E-state index >= 15 is 0 Å². The van der Waals surface area contributed by atoms with Crippen molar-refractivity contribution in [1.82, 2.24) is 10.2 Å². The Bertz CT molecular complexity index is 394. The smallest absolute Gasteiger partial charge is 0.0239 e. The number of likely N-dealkylation sites (tertiary alicyclic amines) is 1. The summed E-state index contributed by atoms with van der Waals surface area (Å²) in [5.41, 5.74) is 3.09. The van der Waals surface area contributed by atoms with Crippen molar-refractivity contribution >= 4 is 0 Å². The van der Waals surface area contributed by atoms with Gasteiger partial charge < -0.3 is 5.32 Å². The monoisotopic (exact) mass is 260 g/mol. The molecule has 2 rings (SSSR count). The lowest BCUT2D eigenvalue weighted by Crippen LogP contribution is -2.50. The fourth-order valence-electron chi connectivity index (χ4n) is 3.25. The topological polar surface area (TPSA) is 15.3 Å². The quantitative estimate of drug-likeness (QED) is 0.894. The Labute approximate surface area is 118 Å². The third-order valence-corrected chi connectivity index (χ3v) is 4.44. The number of hydrogen-bond donors (Lipinski definition) is 1. The van der Waals surface area contributed by atoms with Gasteiger partial charge >= 0.3 is 0 Å². The van der Waals surface area contributed by atoms with Gasteiger partial charge in [-0.2, -0.15) is 0 Å². The van der Waals surface area contributed by atoms with Crippen LogP contribution in [0.5, 0.6) is 0 Å². The molecule has 1 saturated heterocycles. The van der Waals surface area contributed by atoms with Crippen LogP contribution in [0, 0.1) is 12.8 Å². The molecular weight excluding hydrogens is 232 g/mol.